The van der Waals surface area contributed by atoms with Crippen LogP contribution in [-0.4, -0.2) is 22.4 Å². The minimum Gasteiger partial charge on any atom is -0.487 e. The SMILES string of the molecule is CCOc1ccc(C(=O)Nc2ccc(Cl)cc2-c2nc3ccccc3s2)cc1[N+](=O)[O-]. The molecule has 0 radical (unpaired) electrons. The number of aromatic nitrogens is 1. The zero-order valence-corrected chi connectivity index (χ0v) is 17.9. The number of fused-ring (bicyclic) bond motifs is 1. The number of nitrogens with one attached hydrogen (secondary N) is 1. The molecule has 1 aromatic heterocycles. The van der Waals surface area contributed by atoms with Crippen LogP contribution in [0.4, 0.5) is 11.4 Å². The lowest BCUT2D eigenvalue weighted by atomic mass is 10.1. The summed E-state index contributed by atoms with van der Waals surface area (Å²) in [4.78, 5) is 28.3. The fourth-order valence-electron chi connectivity index (χ4n) is 3.06. The molecule has 7 nitrogen and oxygen atoms in total. The number of nitro groups is 1. The van der Waals surface area contributed by atoms with E-state index in [2.05, 4.69) is 10.3 Å². The monoisotopic (exact) mass is 453 g/mol. The van der Waals surface area contributed by atoms with Gasteiger partial charge >= 0.3 is 5.69 Å². The molecule has 0 fully saturated rings. The van der Waals surface area contributed by atoms with Crippen LogP contribution in [0, 0.1) is 10.1 Å². The molecule has 0 spiro atoms. The van der Waals surface area contributed by atoms with Gasteiger partial charge in [-0.25, -0.2) is 4.98 Å². The second kappa shape index (κ2) is 8.71. The number of nitrogens with zero attached hydrogens (tertiary/aromatic N) is 2. The van der Waals surface area contributed by atoms with E-state index in [0.717, 1.165) is 10.2 Å². The van der Waals surface area contributed by atoms with E-state index >= 15 is 0 Å². The Morgan fingerprint density at radius 2 is 2.00 bits per heavy atom. The number of halogens is 1. The lowest BCUT2D eigenvalue weighted by molar-refractivity contribution is -0.385. The average molecular weight is 454 g/mol. The molecule has 1 heterocycles. The maximum atomic E-state index is 12.9. The highest BCUT2D eigenvalue weighted by molar-refractivity contribution is 7.21. The summed E-state index contributed by atoms with van der Waals surface area (Å²) in [5.74, 6) is -0.374. The molecule has 0 aliphatic rings. The fourth-order valence-corrected chi connectivity index (χ4v) is 4.23. The number of benzene rings is 3. The Balaban J connectivity index is 1.69. The summed E-state index contributed by atoms with van der Waals surface area (Å²) in [6.45, 7) is 2.01. The molecule has 0 saturated heterocycles. The standard InChI is InChI=1S/C22H16ClN3O4S/c1-2-30-19-10-7-13(11-18(19)26(28)29)21(27)24-16-9-8-14(23)12-15(16)22-25-17-5-3-4-6-20(17)31-22/h3-12H,2H2,1H3,(H,24,27). The van der Waals surface area contributed by atoms with Crippen molar-refractivity contribution < 1.29 is 14.5 Å². The smallest absolute Gasteiger partial charge is 0.311 e. The third-order valence-corrected chi connectivity index (χ3v) is 5.78. The van der Waals surface area contributed by atoms with Crippen molar-refractivity contribution >= 4 is 50.4 Å². The number of ether oxygens (including phenoxy) is 1. The highest BCUT2D eigenvalue weighted by Crippen LogP contribution is 2.36. The van der Waals surface area contributed by atoms with Crippen LogP contribution >= 0.6 is 22.9 Å². The van der Waals surface area contributed by atoms with Crippen LogP contribution < -0.4 is 10.1 Å². The second-order valence-electron chi connectivity index (χ2n) is 6.50. The van der Waals surface area contributed by atoms with Gasteiger partial charge in [-0.1, -0.05) is 23.7 Å². The molecule has 0 atom stereocenters. The average Bonchev–Trinajstić information content (AvgIpc) is 3.19. The molecule has 9 heteroatoms. The molecule has 0 bridgehead atoms. The number of carbonyl (C=O) groups is 1. The van der Waals surface area contributed by atoms with Gasteiger partial charge in [-0.15, -0.1) is 11.3 Å². The summed E-state index contributed by atoms with van der Waals surface area (Å²) >= 11 is 7.68. The predicted molar refractivity (Wildman–Crippen MR) is 122 cm³/mol. The van der Waals surface area contributed by atoms with Gasteiger partial charge in [-0.3, -0.25) is 14.9 Å². The van der Waals surface area contributed by atoms with Gasteiger partial charge in [-0.2, -0.15) is 0 Å². The normalized spacial score (nSPS) is 10.8. The number of thiazole rings is 1. The minimum atomic E-state index is -0.573. The van der Waals surface area contributed by atoms with Crippen LogP contribution in [0.1, 0.15) is 17.3 Å². The van der Waals surface area contributed by atoms with E-state index in [9.17, 15) is 14.9 Å². The number of rotatable bonds is 6. The number of carbonyl (C=O) groups excluding carboxylic acids is 1. The maximum absolute atomic E-state index is 12.9. The van der Waals surface area contributed by atoms with E-state index in [1.807, 2.05) is 24.3 Å². The summed E-state index contributed by atoms with van der Waals surface area (Å²) < 4.78 is 6.29. The zero-order valence-electron chi connectivity index (χ0n) is 16.3. The molecule has 156 valence electrons. The Morgan fingerprint density at radius 1 is 1.19 bits per heavy atom. The van der Waals surface area contributed by atoms with Gasteiger partial charge in [0.2, 0.25) is 0 Å². The summed E-state index contributed by atoms with van der Waals surface area (Å²) in [5, 5.41) is 15.4. The third kappa shape index (κ3) is 4.35. The highest BCUT2D eigenvalue weighted by Gasteiger charge is 2.20. The van der Waals surface area contributed by atoms with E-state index in [1.165, 1.54) is 29.5 Å². The molecular formula is C22H16ClN3O4S. The Kier molecular flexibility index (Phi) is 5.83. The molecule has 0 aliphatic carbocycles. The summed E-state index contributed by atoms with van der Waals surface area (Å²) in [7, 11) is 0. The van der Waals surface area contributed by atoms with Crippen molar-refractivity contribution in [3.63, 3.8) is 0 Å². The Morgan fingerprint density at radius 3 is 2.74 bits per heavy atom. The molecule has 0 saturated carbocycles. The predicted octanol–water partition coefficient (Wildman–Crippen LogP) is 6.18. The van der Waals surface area contributed by atoms with Crippen molar-refractivity contribution in [2.45, 2.75) is 6.92 Å². The van der Waals surface area contributed by atoms with Crippen LogP contribution in [0.25, 0.3) is 20.8 Å². The number of anilines is 1. The van der Waals surface area contributed by atoms with Crippen molar-refractivity contribution in [3.8, 4) is 16.3 Å². The second-order valence-corrected chi connectivity index (χ2v) is 7.97. The van der Waals surface area contributed by atoms with E-state index in [0.29, 0.717) is 21.3 Å². The largest absolute Gasteiger partial charge is 0.487 e. The topological polar surface area (TPSA) is 94.4 Å². The first-order valence-corrected chi connectivity index (χ1v) is 10.5. The molecule has 1 amide bonds. The molecule has 4 aromatic rings. The van der Waals surface area contributed by atoms with Crippen LogP contribution in [0.2, 0.25) is 5.02 Å². The first-order valence-electron chi connectivity index (χ1n) is 9.34. The first-order chi connectivity index (χ1) is 15.0. The van der Waals surface area contributed by atoms with Crippen molar-refractivity contribution in [1.82, 2.24) is 4.98 Å². The molecule has 3 aromatic carbocycles. The molecular weight excluding hydrogens is 438 g/mol. The van der Waals surface area contributed by atoms with Crippen molar-refractivity contribution in [2.75, 3.05) is 11.9 Å². The van der Waals surface area contributed by atoms with Crippen molar-refractivity contribution in [2.24, 2.45) is 0 Å². The first kappa shape index (κ1) is 20.8. The number of nitro benzene ring substituents is 1. The summed E-state index contributed by atoms with van der Waals surface area (Å²) in [6.07, 6.45) is 0. The lowest BCUT2D eigenvalue weighted by Crippen LogP contribution is -2.13. The van der Waals surface area contributed by atoms with E-state index < -0.39 is 10.8 Å². The number of hydrogen-bond donors (Lipinski definition) is 1. The maximum Gasteiger partial charge on any atom is 0.311 e. The molecule has 1 N–H and O–H groups in total. The molecule has 0 aliphatic heterocycles. The van der Waals surface area contributed by atoms with Crippen LogP contribution in [0.3, 0.4) is 0 Å². The highest BCUT2D eigenvalue weighted by atomic mass is 35.5. The van der Waals surface area contributed by atoms with E-state index in [-0.39, 0.29) is 23.6 Å². The van der Waals surface area contributed by atoms with Gasteiger partial charge in [0, 0.05) is 22.2 Å². The van der Waals surface area contributed by atoms with Gasteiger partial charge in [0.05, 0.1) is 27.4 Å². The van der Waals surface area contributed by atoms with Crippen molar-refractivity contribution in [1.29, 1.82) is 0 Å². The lowest BCUT2D eigenvalue weighted by Gasteiger charge is -2.11. The van der Waals surface area contributed by atoms with Gasteiger partial charge in [0.25, 0.3) is 5.91 Å². The van der Waals surface area contributed by atoms with Gasteiger partial charge in [0.15, 0.2) is 5.75 Å². The van der Waals surface area contributed by atoms with Gasteiger partial charge < -0.3 is 10.1 Å². The molecule has 31 heavy (non-hydrogen) atoms. The van der Waals surface area contributed by atoms with Gasteiger partial charge in [-0.05, 0) is 49.4 Å². The Bertz CT molecular complexity index is 1270. The Hall–Kier alpha value is -3.49. The zero-order chi connectivity index (χ0) is 22.0. The number of amides is 1. The van der Waals surface area contributed by atoms with Crippen LogP contribution in [-0.2, 0) is 0 Å². The molecule has 4 rings (SSSR count). The van der Waals surface area contributed by atoms with Gasteiger partial charge in [0.1, 0.15) is 5.01 Å². The number of hydrogen-bond acceptors (Lipinski definition) is 6. The van der Waals surface area contributed by atoms with E-state index in [1.54, 1.807) is 25.1 Å². The number of para-hydroxylation sites is 1. The van der Waals surface area contributed by atoms with E-state index in [4.69, 9.17) is 16.3 Å². The van der Waals surface area contributed by atoms with Crippen molar-refractivity contribution in [3.05, 3.63) is 81.4 Å². The third-order valence-electron chi connectivity index (χ3n) is 4.47. The van der Waals surface area contributed by atoms with Crippen LogP contribution in [0.5, 0.6) is 5.75 Å². The molecule has 0 unspecified atom stereocenters. The minimum absolute atomic E-state index is 0.116. The Labute approximate surface area is 186 Å². The fraction of sp³-hybridized carbons (Fsp3) is 0.0909. The quantitative estimate of drug-likeness (QED) is 0.278. The summed E-state index contributed by atoms with van der Waals surface area (Å²) in [5.41, 5.74) is 1.90. The van der Waals surface area contributed by atoms with Crippen LogP contribution in [0.15, 0.2) is 60.7 Å². The summed E-state index contributed by atoms with van der Waals surface area (Å²) in [6, 6.07) is 16.9.